The van der Waals surface area contributed by atoms with E-state index in [1.165, 1.54) is 6.92 Å². The van der Waals surface area contributed by atoms with E-state index in [4.69, 9.17) is 0 Å². The first-order valence-corrected chi connectivity index (χ1v) is 5.77. The van der Waals surface area contributed by atoms with Gasteiger partial charge in [-0.15, -0.1) is 0 Å². The van der Waals surface area contributed by atoms with Crippen molar-refractivity contribution in [3.05, 3.63) is 42.1 Å². The molecule has 0 radical (unpaired) electrons. The molecule has 88 valence electrons. The summed E-state index contributed by atoms with van der Waals surface area (Å²) in [7, 11) is 0. The summed E-state index contributed by atoms with van der Waals surface area (Å²) in [5.41, 5.74) is 2.00. The van der Waals surface area contributed by atoms with E-state index in [2.05, 4.69) is 16.4 Å². The third-order valence-corrected chi connectivity index (χ3v) is 2.62. The number of carbonyl (C=O) groups excluding carboxylic acids is 1. The van der Waals surface area contributed by atoms with Gasteiger partial charge in [0.25, 0.3) is 0 Å². The normalized spacial score (nSPS) is 12.4. The molecule has 0 saturated heterocycles. The van der Waals surface area contributed by atoms with Crippen molar-refractivity contribution in [2.75, 3.05) is 0 Å². The summed E-state index contributed by atoms with van der Waals surface area (Å²) in [5, 5.41) is 4.00. The van der Waals surface area contributed by atoms with Gasteiger partial charge in [-0.25, -0.2) is 0 Å². The largest absolute Gasteiger partial charge is 0.354 e. The van der Waals surface area contributed by atoms with Crippen LogP contribution in [0.4, 0.5) is 0 Å². The standard InChI is InChI=1S/C14H16N2O/c1-10(15-11(2)17)9-13-8-7-12-5-3-4-6-14(12)16-13/h3-8,10H,9H2,1-2H3,(H,15,17). The molecule has 1 heterocycles. The topological polar surface area (TPSA) is 42.0 Å². The predicted molar refractivity (Wildman–Crippen MR) is 68.7 cm³/mol. The maximum absolute atomic E-state index is 10.9. The molecule has 3 heteroatoms. The molecule has 0 aliphatic rings. The van der Waals surface area contributed by atoms with Gasteiger partial charge >= 0.3 is 0 Å². The number of hydrogen-bond donors (Lipinski definition) is 1. The van der Waals surface area contributed by atoms with Crippen LogP contribution in [0, 0.1) is 0 Å². The van der Waals surface area contributed by atoms with Gasteiger partial charge in [-0.1, -0.05) is 24.3 Å². The summed E-state index contributed by atoms with van der Waals surface area (Å²) in [6, 6.07) is 12.2. The molecule has 1 unspecified atom stereocenters. The summed E-state index contributed by atoms with van der Waals surface area (Å²) >= 11 is 0. The van der Waals surface area contributed by atoms with E-state index in [9.17, 15) is 4.79 Å². The van der Waals surface area contributed by atoms with Crippen molar-refractivity contribution < 1.29 is 4.79 Å². The molecule has 1 N–H and O–H groups in total. The van der Waals surface area contributed by atoms with Gasteiger partial charge in [-0.05, 0) is 19.1 Å². The van der Waals surface area contributed by atoms with Gasteiger partial charge in [0.15, 0.2) is 0 Å². The summed E-state index contributed by atoms with van der Waals surface area (Å²) in [6.45, 7) is 3.52. The van der Waals surface area contributed by atoms with Crippen molar-refractivity contribution >= 4 is 16.8 Å². The smallest absolute Gasteiger partial charge is 0.217 e. The number of nitrogens with zero attached hydrogens (tertiary/aromatic N) is 1. The monoisotopic (exact) mass is 228 g/mol. The van der Waals surface area contributed by atoms with Gasteiger partial charge in [0.2, 0.25) is 5.91 Å². The van der Waals surface area contributed by atoms with E-state index in [1.54, 1.807) is 0 Å². The Morgan fingerprint density at radius 2 is 2.06 bits per heavy atom. The van der Waals surface area contributed by atoms with Crippen LogP contribution >= 0.6 is 0 Å². The zero-order valence-corrected chi connectivity index (χ0v) is 10.1. The van der Waals surface area contributed by atoms with Crippen LogP contribution in [0.1, 0.15) is 19.5 Å². The number of aromatic nitrogens is 1. The zero-order valence-electron chi connectivity index (χ0n) is 10.1. The molecule has 0 bridgehead atoms. The van der Waals surface area contributed by atoms with Crippen LogP contribution in [0.5, 0.6) is 0 Å². The van der Waals surface area contributed by atoms with E-state index in [0.717, 1.165) is 23.0 Å². The Morgan fingerprint density at radius 1 is 1.29 bits per heavy atom. The number of fused-ring (bicyclic) bond motifs is 1. The first-order valence-electron chi connectivity index (χ1n) is 5.77. The first-order chi connectivity index (χ1) is 8.15. The Labute approximate surface area is 101 Å². The van der Waals surface area contributed by atoms with Crippen LogP contribution < -0.4 is 5.32 Å². The predicted octanol–water partition coefficient (Wildman–Crippen LogP) is 2.30. The highest BCUT2D eigenvalue weighted by molar-refractivity contribution is 5.78. The minimum atomic E-state index is -0.00158. The van der Waals surface area contributed by atoms with E-state index in [-0.39, 0.29) is 11.9 Å². The minimum Gasteiger partial charge on any atom is -0.354 e. The van der Waals surface area contributed by atoms with Crippen LogP contribution in [0.3, 0.4) is 0 Å². The van der Waals surface area contributed by atoms with Crippen molar-refractivity contribution in [1.29, 1.82) is 0 Å². The van der Waals surface area contributed by atoms with Gasteiger partial charge in [0.1, 0.15) is 0 Å². The van der Waals surface area contributed by atoms with Crippen molar-refractivity contribution in [1.82, 2.24) is 10.3 Å². The van der Waals surface area contributed by atoms with E-state index in [1.807, 2.05) is 37.3 Å². The average molecular weight is 228 g/mol. The molecule has 2 aromatic rings. The molecule has 1 atom stereocenters. The van der Waals surface area contributed by atoms with Crippen LogP contribution in [-0.4, -0.2) is 16.9 Å². The second kappa shape index (κ2) is 4.95. The van der Waals surface area contributed by atoms with Crippen molar-refractivity contribution in [3.8, 4) is 0 Å². The highest BCUT2D eigenvalue weighted by Crippen LogP contribution is 2.12. The Balaban J connectivity index is 2.16. The number of hydrogen-bond acceptors (Lipinski definition) is 2. The summed E-state index contributed by atoms with van der Waals surface area (Å²) in [4.78, 5) is 15.5. The molecule has 0 aliphatic carbocycles. The van der Waals surface area contributed by atoms with Gasteiger partial charge < -0.3 is 5.32 Å². The molecule has 17 heavy (non-hydrogen) atoms. The fraction of sp³-hybridized carbons (Fsp3) is 0.286. The molecule has 0 fully saturated rings. The van der Waals surface area contributed by atoms with E-state index in [0.29, 0.717) is 0 Å². The molecule has 1 amide bonds. The van der Waals surface area contributed by atoms with Crippen molar-refractivity contribution in [2.24, 2.45) is 0 Å². The molecule has 0 aliphatic heterocycles. The Bertz CT molecular complexity index is 536. The number of benzene rings is 1. The lowest BCUT2D eigenvalue weighted by molar-refractivity contribution is -0.119. The molecular weight excluding hydrogens is 212 g/mol. The first kappa shape index (κ1) is 11.6. The summed E-state index contributed by atoms with van der Waals surface area (Å²) in [5.74, 6) is -0.00158. The highest BCUT2D eigenvalue weighted by Gasteiger charge is 2.06. The number of rotatable bonds is 3. The molecule has 1 aromatic carbocycles. The lowest BCUT2D eigenvalue weighted by Gasteiger charge is -2.12. The highest BCUT2D eigenvalue weighted by atomic mass is 16.1. The molecule has 3 nitrogen and oxygen atoms in total. The van der Waals surface area contributed by atoms with Crippen LogP contribution in [0.15, 0.2) is 36.4 Å². The maximum atomic E-state index is 10.9. The quantitative estimate of drug-likeness (QED) is 0.875. The summed E-state index contributed by atoms with van der Waals surface area (Å²) in [6.07, 6.45) is 0.754. The molecule has 1 aromatic heterocycles. The SMILES string of the molecule is CC(=O)NC(C)Cc1ccc2ccccc2n1. The molecule has 0 saturated carbocycles. The number of para-hydroxylation sites is 1. The second-order valence-corrected chi connectivity index (χ2v) is 4.30. The Kier molecular flexibility index (Phi) is 3.38. The van der Waals surface area contributed by atoms with Gasteiger partial charge in [0.05, 0.1) is 5.52 Å². The number of pyridine rings is 1. The lowest BCUT2D eigenvalue weighted by atomic mass is 10.1. The minimum absolute atomic E-state index is 0.00158. The second-order valence-electron chi connectivity index (χ2n) is 4.30. The van der Waals surface area contributed by atoms with Crippen LogP contribution in [0.2, 0.25) is 0 Å². The zero-order chi connectivity index (χ0) is 12.3. The Hall–Kier alpha value is -1.90. The fourth-order valence-corrected chi connectivity index (χ4v) is 1.93. The lowest BCUT2D eigenvalue weighted by Crippen LogP contribution is -2.32. The van der Waals surface area contributed by atoms with E-state index >= 15 is 0 Å². The maximum Gasteiger partial charge on any atom is 0.217 e. The number of carbonyl (C=O) groups is 1. The average Bonchev–Trinajstić information content (AvgIpc) is 2.27. The number of amides is 1. The van der Waals surface area contributed by atoms with Crippen LogP contribution in [-0.2, 0) is 11.2 Å². The molecule has 0 spiro atoms. The van der Waals surface area contributed by atoms with Crippen molar-refractivity contribution in [2.45, 2.75) is 26.3 Å². The summed E-state index contributed by atoms with van der Waals surface area (Å²) < 4.78 is 0. The molecule has 2 rings (SSSR count). The number of nitrogens with one attached hydrogen (secondary N) is 1. The third-order valence-electron chi connectivity index (χ3n) is 2.62. The third kappa shape index (κ3) is 3.03. The molecular formula is C14H16N2O. The van der Waals surface area contributed by atoms with Crippen molar-refractivity contribution in [3.63, 3.8) is 0 Å². The van der Waals surface area contributed by atoms with Crippen LogP contribution in [0.25, 0.3) is 10.9 Å². The van der Waals surface area contributed by atoms with E-state index < -0.39 is 0 Å². The van der Waals surface area contributed by atoms with Gasteiger partial charge in [-0.3, -0.25) is 9.78 Å². The van der Waals surface area contributed by atoms with Gasteiger partial charge in [0, 0.05) is 30.5 Å². The Morgan fingerprint density at radius 3 is 2.82 bits per heavy atom. The fourth-order valence-electron chi connectivity index (χ4n) is 1.93. The van der Waals surface area contributed by atoms with Gasteiger partial charge in [-0.2, -0.15) is 0 Å².